The zero-order valence-corrected chi connectivity index (χ0v) is 17.1. The lowest BCUT2D eigenvalue weighted by atomic mass is 10.1. The molecule has 31 heavy (non-hydrogen) atoms. The minimum atomic E-state index is -0.526. The van der Waals surface area contributed by atoms with E-state index >= 15 is 0 Å². The molecule has 1 saturated heterocycles. The van der Waals surface area contributed by atoms with Crippen molar-refractivity contribution in [1.82, 2.24) is 9.88 Å². The summed E-state index contributed by atoms with van der Waals surface area (Å²) in [5.41, 5.74) is 2.45. The maximum atomic E-state index is 13.9. The molecule has 2 aromatic carbocycles. The van der Waals surface area contributed by atoms with Gasteiger partial charge in [0.05, 0.1) is 5.56 Å². The number of hydrogen-bond donors (Lipinski definition) is 0. The van der Waals surface area contributed by atoms with Gasteiger partial charge in [-0.3, -0.25) is 4.79 Å². The van der Waals surface area contributed by atoms with Crippen molar-refractivity contribution >= 4 is 23.9 Å². The van der Waals surface area contributed by atoms with E-state index in [9.17, 15) is 14.4 Å². The van der Waals surface area contributed by atoms with Crippen molar-refractivity contribution in [2.24, 2.45) is 0 Å². The van der Waals surface area contributed by atoms with Gasteiger partial charge in [-0.25, -0.2) is 4.39 Å². The van der Waals surface area contributed by atoms with E-state index < -0.39 is 5.82 Å². The summed E-state index contributed by atoms with van der Waals surface area (Å²) in [6.07, 6.45) is 3.61. The van der Waals surface area contributed by atoms with Crippen molar-refractivity contribution in [2.45, 2.75) is 6.92 Å². The molecule has 1 fully saturated rings. The first kappa shape index (κ1) is 20.4. The van der Waals surface area contributed by atoms with Gasteiger partial charge in [-0.2, -0.15) is 10.2 Å². The molecule has 3 aromatic rings. The summed E-state index contributed by atoms with van der Waals surface area (Å²) in [7, 11) is 0. The Balaban J connectivity index is 1.45. The SMILES string of the molecule is Cc1ccc(C=Cc2nc(C#N)c(N3CCN(C(=O)c4ccccc4F)CC3)o2)cc1. The van der Waals surface area contributed by atoms with Crippen molar-refractivity contribution in [3.63, 3.8) is 0 Å². The fraction of sp³-hybridized carbons (Fsp3) is 0.208. The Kier molecular flexibility index (Phi) is 5.80. The summed E-state index contributed by atoms with van der Waals surface area (Å²) in [5, 5.41) is 9.47. The molecule has 1 aliphatic rings. The molecule has 4 rings (SSSR count). The summed E-state index contributed by atoms with van der Waals surface area (Å²) in [6.45, 7) is 3.74. The molecule has 0 atom stereocenters. The van der Waals surface area contributed by atoms with E-state index in [1.54, 1.807) is 23.1 Å². The fourth-order valence-corrected chi connectivity index (χ4v) is 3.45. The number of aryl methyl sites for hydroxylation is 1. The highest BCUT2D eigenvalue weighted by Gasteiger charge is 2.27. The molecule has 0 saturated carbocycles. The van der Waals surface area contributed by atoms with Crippen LogP contribution in [0.25, 0.3) is 12.2 Å². The minimum Gasteiger partial charge on any atom is -0.420 e. The van der Waals surface area contributed by atoms with Crippen LogP contribution in [0.3, 0.4) is 0 Å². The van der Waals surface area contributed by atoms with E-state index in [1.165, 1.54) is 17.7 Å². The predicted molar refractivity (Wildman–Crippen MR) is 116 cm³/mol. The van der Waals surface area contributed by atoms with Gasteiger partial charge in [0.15, 0.2) is 0 Å². The smallest absolute Gasteiger partial charge is 0.256 e. The summed E-state index contributed by atoms with van der Waals surface area (Å²) in [6, 6.07) is 16.1. The third-order valence-corrected chi connectivity index (χ3v) is 5.19. The van der Waals surface area contributed by atoms with Crippen LogP contribution < -0.4 is 4.90 Å². The van der Waals surface area contributed by atoms with Crippen LogP contribution >= 0.6 is 0 Å². The molecule has 0 unspecified atom stereocenters. The van der Waals surface area contributed by atoms with Crippen molar-refractivity contribution in [2.75, 3.05) is 31.1 Å². The van der Waals surface area contributed by atoms with Crippen LogP contribution in [-0.2, 0) is 0 Å². The number of oxazole rings is 1. The average Bonchev–Trinajstić information content (AvgIpc) is 3.22. The lowest BCUT2D eigenvalue weighted by molar-refractivity contribution is 0.0740. The number of amides is 1. The number of benzene rings is 2. The lowest BCUT2D eigenvalue weighted by Crippen LogP contribution is -2.49. The van der Waals surface area contributed by atoms with Gasteiger partial charge in [-0.05, 0) is 30.7 Å². The number of rotatable bonds is 4. The predicted octanol–water partition coefficient (Wildman–Crippen LogP) is 4.13. The second-order valence-electron chi connectivity index (χ2n) is 7.32. The normalized spacial score (nSPS) is 14.1. The number of anilines is 1. The van der Waals surface area contributed by atoms with Gasteiger partial charge in [-0.1, -0.05) is 42.0 Å². The number of carbonyl (C=O) groups is 1. The molecule has 0 aliphatic carbocycles. The molecule has 7 heteroatoms. The highest BCUT2D eigenvalue weighted by atomic mass is 19.1. The Hall–Kier alpha value is -3.92. The zero-order chi connectivity index (χ0) is 21.8. The van der Waals surface area contributed by atoms with E-state index in [-0.39, 0.29) is 17.2 Å². The van der Waals surface area contributed by atoms with Crippen LogP contribution in [0.1, 0.15) is 33.1 Å². The van der Waals surface area contributed by atoms with Crippen LogP contribution in [0.5, 0.6) is 0 Å². The summed E-state index contributed by atoms with van der Waals surface area (Å²) < 4.78 is 19.8. The highest BCUT2D eigenvalue weighted by molar-refractivity contribution is 5.94. The number of aromatic nitrogens is 1. The number of piperazine rings is 1. The van der Waals surface area contributed by atoms with E-state index in [0.29, 0.717) is 38.0 Å². The molecule has 0 bridgehead atoms. The molecule has 0 radical (unpaired) electrons. The van der Waals surface area contributed by atoms with E-state index in [1.807, 2.05) is 42.2 Å². The van der Waals surface area contributed by atoms with Gasteiger partial charge in [0.25, 0.3) is 5.91 Å². The molecule has 0 N–H and O–H groups in total. The Morgan fingerprint density at radius 2 is 1.81 bits per heavy atom. The number of nitriles is 1. The standard InChI is InChI=1S/C24H21FN4O2/c1-17-6-8-18(9-7-17)10-11-22-27-21(16-26)24(31-22)29-14-12-28(13-15-29)23(30)19-4-2-3-5-20(19)25/h2-11H,12-15H2,1H3. The maximum Gasteiger partial charge on any atom is 0.256 e. The molecule has 1 aromatic heterocycles. The first-order valence-corrected chi connectivity index (χ1v) is 9.99. The second kappa shape index (κ2) is 8.84. The fourth-order valence-electron chi connectivity index (χ4n) is 3.45. The Morgan fingerprint density at radius 3 is 2.48 bits per heavy atom. The monoisotopic (exact) mass is 416 g/mol. The quantitative estimate of drug-likeness (QED) is 0.640. The summed E-state index contributed by atoms with van der Waals surface area (Å²) in [4.78, 5) is 20.4. The second-order valence-corrected chi connectivity index (χ2v) is 7.32. The van der Waals surface area contributed by atoms with Crippen molar-refractivity contribution < 1.29 is 13.6 Å². The Bertz CT molecular complexity index is 1150. The van der Waals surface area contributed by atoms with Crippen LogP contribution in [0.4, 0.5) is 10.3 Å². The van der Waals surface area contributed by atoms with Crippen LogP contribution in [0.2, 0.25) is 0 Å². The molecule has 2 heterocycles. The van der Waals surface area contributed by atoms with Gasteiger partial charge in [0.1, 0.15) is 11.9 Å². The largest absolute Gasteiger partial charge is 0.420 e. The minimum absolute atomic E-state index is 0.0665. The van der Waals surface area contributed by atoms with Crippen LogP contribution in [0, 0.1) is 24.1 Å². The van der Waals surface area contributed by atoms with Crippen LogP contribution in [0.15, 0.2) is 52.9 Å². The molecule has 1 aliphatic heterocycles. The van der Waals surface area contributed by atoms with E-state index in [2.05, 4.69) is 11.1 Å². The van der Waals surface area contributed by atoms with Gasteiger partial charge in [0.2, 0.25) is 17.5 Å². The van der Waals surface area contributed by atoms with Gasteiger partial charge < -0.3 is 14.2 Å². The molecule has 0 spiro atoms. The number of hydrogen-bond acceptors (Lipinski definition) is 5. The third kappa shape index (κ3) is 4.48. The van der Waals surface area contributed by atoms with Crippen molar-refractivity contribution in [1.29, 1.82) is 5.26 Å². The topological polar surface area (TPSA) is 73.4 Å². The van der Waals surface area contributed by atoms with E-state index in [0.717, 1.165) is 5.56 Å². The third-order valence-electron chi connectivity index (χ3n) is 5.19. The van der Waals surface area contributed by atoms with E-state index in [4.69, 9.17) is 4.42 Å². The number of nitrogens with zero attached hydrogens (tertiary/aromatic N) is 4. The molecule has 6 nitrogen and oxygen atoms in total. The Morgan fingerprint density at radius 1 is 1.10 bits per heavy atom. The Labute approximate surface area is 179 Å². The van der Waals surface area contributed by atoms with Gasteiger partial charge in [-0.15, -0.1) is 0 Å². The number of halogens is 1. The summed E-state index contributed by atoms with van der Waals surface area (Å²) in [5.74, 6) is -0.125. The average molecular weight is 416 g/mol. The highest BCUT2D eigenvalue weighted by Crippen LogP contribution is 2.25. The number of carbonyl (C=O) groups excluding carboxylic acids is 1. The molecular weight excluding hydrogens is 395 g/mol. The molecule has 1 amide bonds. The zero-order valence-electron chi connectivity index (χ0n) is 17.1. The van der Waals surface area contributed by atoms with Crippen molar-refractivity contribution in [3.8, 4) is 6.07 Å². The lowest BCUT2D eigenvalue weighted by Gasteiger charge is -2.34. The van der Waals surface area contributed by atoms with Crippen molar-refractivity contribution in [3.05, 3.63) is 82.6 Å². The summed E-state index contributed by atoms with van der Waals surface area (Å²) >= 11 is 0. The molecule has 156 valence electrons. The first-order chi connectivity index (χ1) is 15.0. The van der Waals surface area contributed by atoms with Gasteiger partial charge in [0, 0.05) is 32.3 Å². The maximum absolute atomic E-state index is 13.9. The first-order valence-electron chi connectivity index (χ1n) is 9.99. The van der Waals surface area contributed by atoms with Gasteiger partial charge >= 0.3 is 0 Å². The van der Waals surface area contributed by atoms with Crippen LogP contribution in [-0.4, -0.2) is 42.0 Å². The molecular formula is C24H21FN4O2.